The van der Waals surface area contributed by atoms with E-state index in [0.29, 0.717) is 23.4 Å². The van der Waals surface area contributed by atoms with Gasteiger partial charge in [-0.1, -0.05) is 26.7 Å². The monoisotopic (exact) mass is 648 g/mol. The van der Waals surface area contributed by atoms with Gasteiger partial charge in [-0.3, -0.25) is 0 Å². The summed E-state index contributed by atoms with van der Waals surface area (Å²) < 4.78 is 10.9. The number of aryl methyl sites for hydroxylation is 2. The molecule has 5 heteroatoms. The second-order valence-electron chi connectivity index (χ2n) is 16.0. The van der Waals surface area contributed by atoms with E-state index in [1.165, 1.54) is 106 Å². The summed E-state index contributed by atoms with van der Waals surface area (Å²) in [4.78, 5) is 2.33. The van der Waals surface area contributed by atoms with E-state index in [1.54, 1.807) is 41.8 Å². The summed E-state index contributed by atoms with van der Waals surface area (Å²) in [6, 6.07) is 9.11. The number of phenols is 1. The Morgan fingerprint density at radius 1 is 0.711 bits per heavy atom. The Hall–Kier alpha value is -1.30. The molecule has 4 saturated carbocycles. The molecular formula is C40H56O3S2. The maximum Gasteiger partial charge on any atom is 0.188 e. The molecule has 246 valence electrons. The minimum absolute atomic E-state index is 0.332. The molecular weight excluding hydrogens is 593 g/mol. The number of benzene rings is 2. The summed E-state index contributed by atoms with van der Waals surface area (Å²) in [5.41, 5.74) is 7.44. The van der Waals surface area contributed by atoms with Crippen molar-refractivity contribution in [1.29, 1.82) is 0 Å². The Morgan fingerprint density at radius 3 is 1.78 bits per heavy atom. The lowest BCUT2D eigenvalue weighted by atomic mass is 9.56. The van der Waals surface area contributed by atoms with Crippen molar-refractivity contribution < 1.29 is 14.6 Å². The van der Waals surface area contributed by atoms with Crippen LogP contribution in [0.25, 0.3) is 0 Å². The van der Waals surface area contributed by atoms with Gasteiger partial charge in [0.25, 0.3) is 0 Å². The van der Waals surface area contributed by atoms with Gasteiger partial charge < -0.3 is 14.6 Å². The van der Waals surface area contributed by atoms with Gasteiger partial charge in [-0.25, -0.2) is 0 Å². The van der Waals surface area contributed by atoms with Crippen LogP contribution in [0.3, 0.4) is 0 Å². The predicted molar refractivity (Wildman–Crippen MR) is 189 cm³/mol. The molecule has 4 fully saturated rings. The van der Waals surface area contributed by atoms with Crippen LogP contribution in [0, 0.1) is 34.5 Å². The van der Waals surface area contributed by atoms with E-state index in [2.05, 4.69) is 50.6 Å². The molecule has 0 radical (unpaired) electrons. The van der Waals surface area contributed by atoms with E-state index in [1.807, 2.05) is 0 Å². The third kappa shape index (κ3) is 5.77. The van der Waals surface area contributed by atoms with Crippen LogP contribution >= 0.6 is 23.5 Å². The first-order valence-electron chi connectivity index (χ1n) is 18.0. The molecule has 0 heterocycles. The smallest absolute Gasteiger partial charge is 0.188 e. The van der Waals surface area contributed by atoms with Gasteiger partial charge in [0, 0.05) is 16.9 Å². The van der Waals surface area contributed by atoms with Crippen LogP contribution in [0.15, 0.2) is 34.1 Å². The van der Waals surface area contributed by atoms with Gasteiger partial charge in [0.1, 0.15) is 11.5 Å². The normalized spacial score (nSPS) is 35.9. The highest BCUT2D eigenvalue weighted by molar-refractivity contribution is 7.99. The van der Waals surface area contributed by atoms with E-state index < -0.39 is 0 Å². The Labute approximate surface area is 281 Å². The first-order chi connectivity index (χ1) is 21.8. The summed E-state index contributed by atoms with van der Waals surface area (Å²) >= 11 is 3.47. The molecule has 8 rings (SSSR count). The maximum absolute atomic E-state index is 10.1. The van der Waals surface area contributed by atoms with E-state index in [-0.39, 0.29) is 0 Å². The minimum Gasteiger partial charge on any atom is -0.507 e. The first kappa shape index (κ1) is 32.3. The summed E-state index contributed by atoms with van der Waals surface area (Å²) in [7, 11) is 1.68. The molecule has 6 aliphatic carbocycles. The summed E-state index contributed by atoms with van der Waals surface area (Å²) in [6.45, 7) is 5.46. The van der Waals surface area contributed by atoms with Crippen molar-refractivity contribution >= 4 is 23.5 Å². The Kier molecular flexibility index (Phi) is 9.29. The molecule has 2 aromatic rings. The number of hydrogen-bond donors (Lipinski definition) is 1. The summed E-state index contributed by atoms with van der Waals surface area (Å²) in [5, 5.41) is 10.1. The highest BCUT2D eigenvalue weighted by Gasteiger charge is 2.51. The molecule has 0 aliphatic heterocycles. The lowest BCUT2D eigenvalue weighted by Gasteiger charge is -2.49. The van der Waals surface area contributed by atoms with Crippen molar-refractivity contribution in [2.75, 3.05) is 26.4 Å². The quantitative estimate of drug-likeness (QED) is 0.258. The van der Waals surface area contributed by atoms with Crippen molar-refractivity contribution in [2.45, 2.75) is 125 Å². The zero-order valence-corrected chi connectivity index (χ0v) is 30.1. The van der Waals surface area contributed by atoms with Gasteiger partial charge in [-0.15, -0.1) is 23.5 Å². The Bertz CT molecular complexity index is 1390. The van der Waals surface area contributed by atoms with E-state index >= 15 is 0 Å². The molecule has 1 N–H and O–H groups in total. The fraction of sp³-hybridized carbons (Fsp3) is 0.700. The lowest BCUT2D eigenvalue weighted by Crippen LogP contribution is -2.39. The third-order valence-electron chi connectivity index (χ3n) is 13.9. The van der Waals surface area contributed by atoms with Gasteiger partial charge in [0.15, 0.2) is 6.79 Å². The zero-order valence-electron chi connectivity index (χ0n) is 28.5. The van der Waals surface area contributed by atoms with Gasteiger partial charge in [-0.05, 0) is 182 Å². The molecule has 0 bridgehead atoms. The molecule has 45 heavy (non-hydrogen) atoms. The number of phenolic OH excluding ortho intramolecular Hbond substituents is 1. The maximum atomic E-state index is 10.1. The van der Waals surface area contributed by atoms with Crippen LogP contribution in [0.2, 0.25) is 0 Å². The van der Waals surface area contributed by atoms with Crippen LogP contribution in [-0.4, -0.2) is 31.5 Å². The molecule has 2 aromatic carbocycles. The number of aromatic hydroxyl groups is 1. The van der Waals surface area contributed by atoms with Crippen LogP contribution in [0.5, 0.6) is 11.5 Å². The van der Waals surface area contributed by atoms with Gasteiger partial charge in [0.2, 0.25) is 0 Å². The largest absolute Gasteiger partial charge is 0.507 e. The number of hydrogen-bond acceptors (Lipinski definition) is 5. The molecule has 0 amide bonds. The van der Waals surface area contributed by atoms with Crippen LogP contribution < -0.4 is 4.74 Å². The van der Waals surface area contributed by atoms with Crippen molar-refractivity contribution in [3.63, 3.8) is 0 Å². The van der Waals surface area contributed by atoms with Gasteiger partial charge >= 0.3 is 0 Å². The highest BCUT2D eigenvalue weighted by atomic mass is 32.2. The number of thioether (sulfide) groups is 2. The average Bonchev–Trinajstić information content (AvgIpc) is 3.65. The van der Waals surface area contributed by atoms with E-state index in [0.717, 1.165) is 46.2 Å². The number of fused-ring (bicyclic) bond motifs is 10. The van der Waals surface area contributed by atoms with Gasteiger partial charge in [-0.2, -0.15) is 0 Å². The Morgan fingerprint density at radius 2 is 1.24 bits per heavy atom. The fourth-order valence-corrected chi connectivity index (χ4v) is 12.8. The second kappa shape index (κ2) is 13.0. The van der Waals surface area contributed by atoms with Gasteiger partial charge in [0.05, 0.1) is 0 Å². The Balaban J connectivity index is 0.000000146. The fourth-order valence-electron chi connectivity index (χ4n) is 11.7. The number of ether oxygens (including phenoxy) is 2. The second-order valence-corrected chi connectivity index (χ2v) is 17.7. The molecule has 3 nitrogen and oxygen atoms in total. The standard InChI is InChI=1S/C21H30O2S.C19H26OS/c1-21-9-4-5-18(21)16-7-6-14-11-19(23-13-22-2)20(24-3)12-17(14)15(16)8-10-21;1-19-8-3-4-16(19)14-6-5-12-10-17(20)18(21-2)11-15(12)13(14)7-9-19/h11-12,15-16,18H,4-10,13H2,1-3H3;10-11,13-14,16,20H,3-9H2,1-2H3/t15?,16?,18?,21-;13?,14?,16?,19-/m00/s1. The SMILES string of the molecule is COCOc1cc2c(cc1SC)C1CC[C@]3(C)CCCC3C1CC2.CSc1cc2c(cc1O)CCC1C2CC[C@]2(C)CCCC12. The van der Waals surface area contributed by atoms with Crippen molar-refractivity contribution in [2.24, 2.45) is 34.5 Å². The number of rotatable bonds is 5. The zero-order chi connectivity index (χ0) is 31.3. The number of methoxy groups -OCH3 is 1. The van der Waals surface area contributed by atoms with E-state index in [4.69, 9.17) is 9.47 Å². The highest BCUT2D eigenvalue weighted by Crippen LogP contribution is 2.62. The molecule has 8 atom stereocenters. The summed E-state index contributed by atoms with van der Waals surface area (Å²) in [6.07, 6.45) is 23.7. The summed E-state index contributed by atoms with van der Waals surface area (Å²) in [5.74, 6) is 6.77. The lowest BCUT2D eigenvalue weighted by molar-refractivity contribution is 0.0481. The van der Waals surface area contributed by atoms with E-state index in [9.17, 15) is 5.11 Å². The molecule has 0 saturated heterocycles. The minimum atomic E-state index is 0.332. The van der Waals surface area contributed by atoms with Crippen LogP contribution in [0.1, 0.15) is 125 Å². The topological polar surface area (TPSA) is 38.7 Å². The van der Waals surface area contributed by atoms with Crippen LogP contribution in [-0.2, 0) is 17.6 Å². The molecule has 0 spiro atoms. The van der Waals surface area contributed by atoms with Crippen LogP contribution in [0.4, 0.5) is 0 Å². The third-order valence-corrected chi connectivity index (χ3v) is 15.5. The molecule has 6 aliphatic rings. The molecule has 6 unspecified atom stereocenters. The van der Waals surface area contributed by atoms with Crippen molar-refractivity contribution in [1.82, 2.24) is 0 Å². The van der Waals surface area contributed by atoms with Crippen molar-refractivity contribution in [3.05, 3.63) is 46.5 Å². The predicted octanol–water partition coefficient (Wildman–Crippen LogP) is 11.0. The average molecular weight is 649 g/mol. The molecule has 0 aromatic heterocycles. The first-order valence-corrected chi connectivity index (χ1v) is 20.5. The van der Waals surface area contributed by atoms with Crippen molar-refractivity contribution in [3.8, 4) is 11.5 Å².